The van der Waals surface area contributed by atoms with E-state index in [9.17, 15) is 17.6 Å². The van der Waals surface area contributed by atoms with E-state index in [4.69, 9.17) is 4.74 Å². The Hall–Kier alpha value is -2.45. The van der Waals surface area contributed by atoms with Crippen molar-refractivity contribution < 1.29 is 22.3 Å². The van der Waals surface area contributed by atoms with E-state index in [2.05, 4.69) is 0 Å². The molecule has 0 spiro atoms. The van der Waals surface area contributed by atoms with Crippen LogP contribution in [0.1, 0.15) is 38.5 Å². The number of ether oxygens (including phenoxy) is 1. The highest BCUT2D eigenvalue weighted by molar-refractivity contribution is 7.89. The Morgan fingerprint density at radius 1 is 0.909 bits per heavy atom. The lowest BCUT2D eigenvalue weighted by molar-refractivity contribution is -0.136. The van der Waals surface area contributed by atoms with Crippen molar-refractivity contribution in [2.75, 3.05) is 32.8 Å². The smallest absolute Gasteiger partial charge is 0.245 e. The van der Waals surface area contributed by atoms with E-state index >= 15 is 0 Å². The van der Waals surface area contributed by atoms with Gasteiger partial charge >= 0.3 is 0 Å². The Morgan fingerprint density at radius 2 is 1.55 bits per heavy atom. The SMILES string of the molecule is O=C(CC1(COc2ccccc2)CCN(S(=O)(=O)c2ccccc2F)CC1)N1CCCCC1. The highest BCUT2D eigenvalue weighted by atomic mass is 32.2. The number of sulfonamides is 1. The largest absolute Gasteiger partial charge is 0.493 e. The van der Waals surface area contributed by atoms with Crippen molar-refractivity contribution in [1.82, 2.24) is 9.21 Å². The molecular weight excluding hydrogens is 443 g/mol. The van der Waals surface area contributed by atoms with Crippen LogP contribution in [-0.4, -0.2) is 56.3 Å². The Labute approximate surface area is 195 Å². The molecule has 2 fully saturated rings. The van der Waals surface area contributed by atoms with Crippen LogP contribution in [0.4, 0.5) is 4.39 Å². The third-order valence-corrected chi connectivity index (χ3v) is 8.69. The minimum atomic E-state index is -3.94. The first kappa shape index (κ1) is 23.7. The zero-order valence-corrected chi connectivity index (χ0v) is 19.6. The number of hydrogen-bond donors (Lipinski definition) is 0. The Kier molecular flexibility index (Phi) is 7.34. The van der Waals surface area contributed by atoms with Gasteiger partial charge in [0.2, 0.25) is 15.9 Å². The molecule has 8 heteroatoms. The zero-order chi connectivity index (χ0) is 23.3. The average molecular weight is 475 g/mol. The standard InChI is InChI=1S/C25H31FN2O4S/c26-22-11-5-6-12-23(22)33(30,31)28-17-13-25(14-18-28,20-32-21-9-3-1-4-10-21)19-24(29)27-15-7-2-8-16-27/h1,3-6,9-12H,2,7-8,13-20H2. The summed E-state index contributed by atoms with van der Waals surface area (Å²) < 4.78 is 47.7. The van der Waals surface area contributed by atoms with Crippen LogP contribution in [0.25, 0.3) is 0 Å². The fourth-order valence-electron chi connectivity index (χ4n) is 4.70. The number of para-hydroxylation sites is 1. The fraction of sp³-hybridized carbons (Fsp3) is 0.480. The minimum absolute atomic E-state index is 0.108. The predicted molar refractivity (Wildman–Crippen MR) is 124 cm³/mol. The van der Waals surface area contributed by atoms with Gasteiger partial charge in [-0.15, -0.1) is 0 Å². The molecule has 178 valence electrons. The number of carbonyl (C=O) groups is 1. The van der Waals surface area contributed by atoms with E-state index in [1.165, 1.54) is 22.5 Å². The maximum atomic E-state index is 14.2. The van der Waals surface area contributed by atoms with Crippen molar-refractivity contribution in [2.45, 2.75) is 43.4 Å². The second kappa shape index (κ2) is 10.2. The maximum absolute atomic E-state index is 14.2. The molecule has 2 heterocycles. The summed E-state index contributed by atoms with van der Waals surface area (Å²) in [6.45, 7) is 2.35. The molecule has 0 atom stereocenters. The fourth-order valence-corrected chi connectivity index (χ4v) is 6.20. The lowest BCUT2D eigenvalue weighted by Gasteiger charge is -2.42. The van der Waals surface area contributed by atoms with Gasteiger partial charge in [0, 0.05) is 38.0 Å². The predicted octanol–water partition coefficient (Wildman–Crippen LogP) is 4.08. The molecule has 0 saturated carbocycles. The molecule has 4 rings (SSSR count). The van der Waals surface area contributed by atoms with Crippen LogP contribution >= 0.6 is 0 Å². The number of piperidine rings is 2. The third kappa shape index (κ3) is 5.55. The summed E-state index contributed by atoms with van der Waals surface area (Å²) in [6, 6.07) is 14.9. The number of amides is 1. The average Bonchev–Trinajstić information content (AvgIpc) is 2.84. The van der Waals surface area contributed by atoms with Gasteiger partial charge in [-0.3, -0.25) is 4.79 Å². The number of likely N-dealkylation sites (tertiary alicyclic amines) is 1. The van der Waals surface area contributed by atoms with Gasteiger partial charge in [-0.1, -0.05) is 30.3 Å². The van der Waals surface area contributed by atoms with Crippen LogP contribution in [-0.2, 0) is 14.8 Å². The number of nitrogens with zero attached hydrogens (tertiary/aromatic N) is 2. The van der Waals surface area contributed by atoms with Crippen molar-refractivity contribution >= 4 is 15.9 Å². The zero-order valence-electron chi connectivity index (χ0n) is 18.8. The molecule has 0 unspecified atom stereocenters. The highest BCUT2D eigenvalue weighted by Gasteiger charge is 2.42. The van der Waals surface area contributed by atoms with Gasteiger partial charge in [-0.2, -0.15) is 4.31 Å². The van der Waals surface area contributed by atoms with Gasteiger partial charge in [0.15, 0.2) is 0 Å². The van der Waals surface area contributed by atoms with Crippen LogP contribution in [0.3, 0.4) is 0 Å². The molecule has 0 bridgehead atoms. The van der Waals surface area contributed by atoms with Gasteiger partial charge in [0.1, 0.15) is 16.5 Å². The molecule has 0 radical (unpaired) electrons. The summed E-state index contributed by atoms with van der Waals surface area (Å²) in [5, 5.41) is 0. The van der Waals surface area contributed by atoms with Crippen LogP contribution in [0, 0.1) is 11.2 Å². The summed E-state index contributed by atoms with van der Waals surface area (Å²) in [6.07, 6.45) is 4.48. The monoisotopic (exact) mass is 474 g/mol. The summed E-state index contributed by atoms with van der Waals surface area (Å²) in [5.41, 5.74) is -0.467. The number of carbonyl (C=O) groups excluding carboxylic acids is 1. The van der Waals surface area contributed by atoms with Crippen LogP contribution < -0.4 is 4.74 Å². The third-order valence-electron chi connectivity index (χ3n) is 6.76. The molecule has 0 aromatic heterocycles. The second-order valence-electron chi connectivity index (χ2n) is 9.05. The number of rotatable bonds is 7. The molecule has 2 aromatic carbocycles. The van der Waals surface area contributed by atoms with Crippen LogP contribution in [0.5, 0.6) is 5.75 Å². The van der Waals surface area contributed by atoms with Gasteiger partial charge < -0.3 is 9.64 Å². The Bertz CT molecular complexity index is 1050. The Balaban J connectivity index is 1.49. The van der Waals surface area contributed by atoms with E-state index in [1.54, 1.807) is 0 Å². The first-order valence-electron chi connectivity index (χ1n) is 11.6. The van der Waals surface area contributed by atoms with E-state index in [-0.39, 0.29) is 23.9 Å². The molecule has 0 N–H and O–H groups in total. The van der Waals surface area contributed by atoms with Gasteiger partial charge in [-0.05, 0) is 56.4 Å². The van der Waals surface area contributed by atoms with Crippen LogP contribution in [0.15, 0.2) is 59.5 Å². The van der Waals surface area contributed by atoms with Crippen molar-refractivity contribution in [3.8, 4) is 5.75 Å². The van der Waals surface area contributed by atoms with E-state index in [0.29, 0.717) is 25.9 Å². The molecule has 33 heavy (non-hydrogen) atoms. The first-order chi connectivity index (χ1) is 15.9. The Morgan fingerprint density at radius 3 is 2.21 bits per heavy atom. The number of benzene rings is 2. The molecule has 1 amide bonds. The molecule has 2 saturated heterocycles. The van der Waals surface area contributed by atoms with Gasteiger partial charge in [0.05, 0.1) is 6.61 Å². The van der Waals surface area contributed by atoms with Gasteiger partial charge in [0.25, 0.3) is 0 Å². The molecular formula is C25H31FN2O4S. The highest BCUT2D eigenvalue weighted by Crippen LogP contribution is 2.38. The van der Waals surface area contributed by atoms with E-state index < -0.39 is 21.3 Å². The first-order valence-corrected chi connectivity index (χ1v) is 13.0. The number of halogens is 1. The summed E-state index contributed by atoms with van der Waals surface area (Å²) in [5.74, 6) is 0.0856. The van der Waals surface area contributed by atoms with Crippen LogP contribution in [0.2, 0.25) is 0 Å². The summed E-state index contributed by atoms with van der Waals surface area (Å²) >= 11 is 0. The molecule has 6 nitrogen and oxygen atoms in total. The quantitative estimate of drug-likeness (QED) is 0.607. The molecule has 2 aliphatic rings. The topological polar surface area (TPSA) is 66.9 Å². The van der Waals surface area contributed by atoms with E-state index in [0.717, 1.165) is 44.2 Å². The molecule has 0 aliphatic carbocycles. The van der Waals surface area contributed by atoms with Crippen molar-refractivity contribution in [3.63, 3.8) is 0 Å². The van der Waals surface area contributed by atoms with Crippen molar-refractivity contribution in [1.29, 1.82) is 0 Å². The van der Waals surface area contributed by atoms with Crippen molar-refractivity contribution in [3.05, 3.63) is 60.4 Å². The number of hydrogen-bond acceptors (Lipinski definition) is 4. The molecule has 2 aromatic rings. The lowest BCUT2D eigenvalue weighted by atomic mass is 9.76. The maximum Gasteiger partial charge on any atom is 0.245 e. The van der Waals surface area contributed by atoms with Crippen molar-refractivity contribution in [2.24, 2.45) is 5.41 Å². The minimum Gasteiger partial charge on any atom is -0.493 e. The summed E-state index contributed by atoms with van der Waals surface area (Å²) in [7, 11) is -3.94. The summed E-state index contributed by atoms with van der Waals surface area (Å²) in [4.78, 5) is 14.7. The normalized spacial score (nSPS) is 19.2. The van der Waals surface area contributed by atoms with Gasteiger partial charge in [-0.25, -0.2) is 12.8 Å². The molecule has 2 aliphatic heterocycles. The lowest BCUT2D eigenvalue weighted by Crippen LogP contribution is -2.48. The van der Waals surface area contributed by atoms with E-state index in [1.807, 2.05) is 35.2 Å². The second-order valence-corrected chi connectivity index (χ2v) is 11.0.